The number of imide groups is 1. The van der Waals surface area contributed by atoms with Gasteiger partial charge in [0.2, 0.25) is 11.8 Å². The average molecular weight is 384 g/mol. The number of piperidine rings is 1. The number of benzene rings is 3. The van der Waals surface area contributed by atoms with Gasteiger partial charge in [-0.05, 0) is 23.3 Å². The summed E-state index contributed by atoms with van der Waals surface area (Å²) in [4.78, 5) is 38.2. The van der Waals surface area contributed by atoms with Gasteiger partial charge in [-0.15, -0.1) is 0 Å². The van der Waals surface area contributed by atoms with Crippen LogP contribution in [-0.4, -0.2) is 16.7 Å². The predicted molar refractivity (Wildman–Crippen MR) is 106 cm³/mol. The summed E-state index contributed by atoms with van der Waals surface area (Å²) in [5.74, 6) is -1.48. The van der Waals surface area contributed by atoms with Crippen molar-refractivity contribution in [1.82, 2.24) is 0 Å². The van der Waals surface area contributed by atoms with Crippen LogP contribution in [0.1, 0.15) is 11.1 Å². The van der Waals surface area contributed by atoms with E-state index in [0.717, 1.165) is 11.1 Å². The number of nitrogens with zero attached hydrogens (tertiary/aromatic N) is 2. The molecule has 0 spiro atoms. The van der Waals surface area contributed by atoms with Crippen molar-refractivity contribution in [2.24, 2.45) is 11.8 Å². The monoisotopic (exact) mass is 384 g/mol. The standard InChI is InChI=1S/C23H16N2O4/c26-21-19-20(22(27)24(21)17-11-13-18(14-12-17)25(28)29)23(19,15-7-3-1-4-8-15)16-9-5-2-6-10-16/h1-14,19-20H/t19-,20-/m0/s1. The normalized spacial score (nSPS) is 21.7. The summed E-state index contributed by atoms with van der Waals surface area (Å²) in [6.45, 7) is 0. The molecule has 6 nitrogen and oxygen atoms in total. The fraction of sp³-hybridized carbons (Fsp3) is 0.130. The molecule has 3 aromatic carbocycles. The predicted octanol–water partition coefficient (Wildman–Crippen LogP) is 3.70. The first kappa shape index (κ1) is 17.3. The minimum absolute atomic E-state index is 0.0825. The van der Waals surface area contributed by atoms with Crippen LogP contribution in [0.4, 0.5) is 11.4 Å². The Balaban J connectivity index is 1.57. The zero-order chi connectivity index (χ0) is 20.2. The van der Waals surface area contributed by atoms with Gasteiger partial charge in [0.25, 0.3) is 5.69 Å². The number of nitro groups is 1. The lowest BCUT2D eigenvalue weighted by Gasteiger charge is -2.26. The van der Waals surface area contributed by atoms with Gasteiger partial charge in [-0.2, -0.15) is 0 Å². The van der Waals surface area contributed by atoms with Crippen LogP contribution in [0.2, 0.25) is 0 Å². The Labute approximate surface area is 166 Å². The summed E-state index contributed by atoms with van der Waals surface area (Å²) in [5, 5.41) is 10.9. The van der Waals surface area contributed by atoms with Crippen LogP contribution in [0, 0.1) is 22.0 Å². The van der Waals surface area contributed by atoms with E-state index in [1.165, 1.54) is 29.2 Å². The molecule has 1 saturated carbocycles. The van der Waals surface area contributed by atoms with Crippen LogP contribution in [0.3, 0.4) is 0 Å². The molecule has 1 saturated heterocycles. The summed E-state index contributed by atoms with van der Waals surface area (Å²) in [7, 11) is 0. The van der Waals surface area contributed by atoms with Gasteiger partial charge in [-0.1, -0.05) is 60.7 Å². The first-order valence-corrected chi connectivity index (χ1v) is 9.30. The molecule has 5 rings (SSSR count). The molecule has 2 fully saturated rings. The van der Waals surface area contributed by atoms with E-state index in [0.29, 0.717) is 5.69 Å². The minimum atomic E-state index is -0.659. The number of amides is 2. The Hall–Kier alpha value is -3.80. The lowest BCUT2D eigenvalue weighted by atomic mass is 9.83. The molecule has 6 heteroatoms. The first-order valence-electron chi connectivity index (χ1n) is 9.30. The number of nitro benzene ring substituents is 1. The summed E-state index contributed by atoms with van der Waals surface area (Å²) in [6.07, 6.45) is 0. The fourth-order valence-corrected chi connectivity index (χ4v) is 4.74. The molecule has 0 bridgehead atoms. The Morgan fingerprint density at radius 2 is 1.17 bits per heavy atom. The smallest absolute Gasteiger partial charge is 0.269 e. The number of fused-ring (bicyclic) bond motifs is 1. The van der Waals surface area contributed by atoms with Crippen molar-refractivity contribution in [1.29, 1.82) is 0 Å². The number of carbonyl (C=O) groups is 2. The second-order valence-electron chi connectivity index (χ2n) is 7.34. The zero-order valence-corrected chi connectivity index (χ0v) is 15.3. The first-order chi connectivity index (χ1) is 14.1. The van der Waals surface area contributed by atoms with Gasteiger partial charge < -0.3 is 0 Å². The van der Waals surface area contributed by atoms with E-state index in [1.807, 2.05) is 60.7 Å². The van der Waals surface area contributed by atoms with Gasteiger partial charge in [0.05, 0.1) is 22.4 Å². The molecule has 1 aliphatic carbocycles. The van der Waals surface area contributed by atoms with Gasteiger partial charge >= 0.3 is 0 Å². The highest BCUT2D eigenvalue weighted by Gasteiger charge is 2.78. The van der Waals surface area contributed by atoms with E-state index < -0.39 is 22.2 Å². The van der Waals surface area contributed by atoms with E-state index in [4.69, 9.17) is 0 Å². The Bertz CT molecular complexity index is 1060. The van der Waals surface area contributed by atoms with E-state index in [2.05, 4.69) is 0 Å². The molecule has 0 unspecified atom stereocenters. The second kappa shape index (κ2) is 6.10. The molecule has 2 atom stereocenters. The third-order valence-corrected chi connectivity index (χ3v) is 6.00. The van der Waals surface area contributed by atoms with Crippen molar-refractivity contribution >= 4 is 23.2 Å². The molecule has 0 radical (unpaired) electrons. The van der Waals surface area contributed by atoms with Crippen molar-refractivity contribution in [2.45, 2.75) is 5.41 Å². The summed E-state index contributed by atoms with van der Waals surface area (Å²) < 4.78 is 0. The topological polar surface area (TPSA) is 80.5 Å². The number of hydrogen-bond acceptors (Lipinski definition) is 4. The van der Waals surface area contributed by atoms with E-state index >= 15 is 0 Å². The van der Waals surface area contributed by atoms with Crippen molar-refractivity contribution in [2.75, 3.05) is 4.90 Å². The lowest BCUT2D eigenvalue weighted by Crippen LogP contribution is -2.39. The molecule has 2 amide bonds. The number of anilines is 1. The Kier molecular flexibility index (Phi) is 3.64. The van der Waals surface area contributed by atoms with Crippen LogP contribution in [0.25, 0.3) is 0 Å². The van der Waals surface area contributed by atoms with Crippen LogP contribution in [0.15, 0.2) is 84.9 Å². The summed E-state index contributed by atoms with van der Waals surface area (Å²) in [5.41, 5.74) is 1.53. The van der Waals surface area contributed by atoms with Gasteiger partial charge in [0, 0.05) is 17.5 Å². The highest BCUT2D eigenvalue weighted by atomic mass is 16.6. The SMILES string of the molecule is O=C1[C@@H]2[C@@H](C(=O)N1c1ccc([N+](=O)[O-])cc1)C2(c1ccccc1)c1ccccc1. The second-order valence-corrected chi connectivity index (χ2v) is 7.34. The Morgan fingerprint density at radius 1 is 0.724 bits per heavy atom. The minimum Gasteiger partial charge on any atom is -0.274 e. The maximum Gasteiger partial charge on any atom is 0.269 e. The van der Waals surface area contributed by atoms with Crippen molar-refractivity contribution < 1.29 is 14.5 Å². The molecule has 1 aliphatic heterocycles. The van der Waals surface area contributed by atoms with E-state index in [-0.39, 0.29) is 17.5 Å². The van der Waals surface area contributed by atoms with Crippen molar-refractivity contribution in [3.05, 3.63) is 106 Å². The lowest BCUT2D eigenvalue weighted by molar-refractivity contribution is -0.384. The van der Waals surface area contributed by atoms with Crippen LogP contribution < -0.4 is 4.90 Å². The van der Waals surface area contributed by atoms with Crippen LogP contribution in [-0.2, 0) is 15.0 Å². The highest BCUT2D eigenvalue weighted by Crippen LogP contribution is 2.68. The van der Waals surface area contributed by atoms with Gasteiger partial charge in [0.15, 0.2) is 0 Å². The molecule has 142 valence electrons. The molecule has 3 aromatic rings. The third-order valence-electron chi connectivity index (χ3n) is 6.00. The van der Waals surface area contributed by atoms with Crippen molar-refractivity contribution in [3.8, 4) is 0 Å². The molecule has 1 heterocycles. The van der Waals surface area contributed by atoms with Gasteiger partial charge in [-0.3, -0.25) is 19.7 Å². The number of carbonyl (C=O) groups excluding carboxylic acids is 2. The van der Waals surface area contributed by atoms with E-state index in [1.54, 1.807) is 0 Å². The Morgan fingerprint density at radius 3 is 1.59 bits per heavy atom. The number of non-ortho nitro benzene ring substituents is 1. The molecule has 29 heavy (non-hydrogen) atoms. The summed E-state index contributed by atoms with van der Waals surface area (Å²) in [6, 6.07) is 24.8. The van der Waals surface area contributed by atoms with E-state index in [9.17, 15) is 19.7 Å². The molecule has 2 aliphatic rings. The number of hydrogen-bond donors (Lipinski definition) is 0. The van der Waals surface area contributed by atoms with Crippen LogP contribution in [0.5, 0.6) is 0 Å². The zero-order valence-electron chi connectivity index (χ0n) is 15.3. The summed E-state index contributed by atoms with van der Waals surface area (Å²) >= 11 is 0. The number of rotatable bonds is 4. The molecular weight excluding hydrogens is 368 g/mol. The average Bonchev–Trinajstić information content (AvgIpc) is 3.39. The third kappa shape index (κ3) is 2.29. The maximum atomic E-state index is 13.3. The van der Waals surface area contributed by atoms with Gasteiger partial charge in [-0.25, -0.2) is 4.90 Å². The maximum absolute atomic E-state index is 13.3. The molecule has 0 N–H and O–H groups in total. The quantitative estimate of drug-likeness (QED) is 0.390. The molecular formula is C23H16N2O4. The molecule has 0 aromatic heterocycles. The van der Waals surface area contributed by atoms with Crippen molar-refractivity contribution in [3.63, 3.8) is 0 Å². The largest absolute Gasteiger partial charge is 0.274 e. The van der Waals surface area contributed by atoms with Gasteiger partial charge in [0.1, 0.15) is 0 Å². The van der Waals surface area contributed by atoms with Crippen LogP contribution >= 0.6 is 0 Å². The fourth-order valence-electron chi connectivity index (χ4n) is 4.74. The highest BCUT2D eigenvalue weighted by molar-refractivity contribution is 6.27.